The highest BCUT2D eigenvalue weighted by atomic mass is 16.5. The Morgan fingerprint density at radius 3 is 2.24 bits per heavy atom. The van der Waals surface area contributed by atoms with Crippen molar-refractivity contribution in [1.29, 1.82) is 0 Å². The minimum Gasteiger partial charge on any atom is -0.494 e. The Morgan fingerprint density at radius 1 is 0.920 bits per heavy atom. The minimum absolute atomic E-state index is 0.216. The molecule has 0 aliphatic heterocycles. The number of hydrogen-bond donors (Lipinski definition) is 0. The van der Waals surface area contributed by atoms with Crippen LogP contribution in [-0.2, 0) is 4.79 Å². The van der Waals surface area contributed by atoms with Gasteiger partial charge in [0.15, 0.2) is 0 Å². The lowest BCUT2D eigenvalue weighted by atomic mass is 10.0. The smallest absolute Gasteiger partial charge is 0.311 e. The van der Waals surface area contributed by atoms with E-state index in [2.05, 4.69) is 39.8 Å². The molecule has 0 heterocycles. The summed E-state index contributed by atoms with van der Waals surface area (Å²) in [6.45, 7) is 9.01. The van der Waals surface area contributed by atoms with Crippen molar-refractivity contribution < 1.29 is 14.3 Å². The highest BCUT2D eigenvalue weighted by Gasteiger charge is 2.11. The van der Waals surface area contributed by atoms with Crippen LogP contribution in [0.4, 0.5) is 0 Å². The van der Waals surface area contributed by atoms with Crippen LogP contribution >= 0.6 is 0 Å². The molecule has 0 aliphatic carbocycles. The molecule has 0 bridgehead atoms. The number of para-hydroxylation sites is 1. The monoisotopic (exact) mass is 340 g/mol. The predicted octanol–water partition coefficient (Wildman–Crippen LogP) is 5.70. The van der Waals surface area contributed by atoms with Crippen LogP contribution in [0.3, 0.4) is 0 Å². The van der Waals surface area contributed by atoms with Gasteiger partial charge in [-0.3, -0.25) is 4.79 Å². The summed E-state index contributed by atoms with van der Waals surface area (Å²) in [5.74, 6) is 2.11. The molecular formula is C22H28O3. The van der Waals surface area contributed by atoms with Gasteiger partial charge < -0.3 is 9.47 Å². The van der Waals surface area contributed by atoms with Crippen LogP contribution in [0.1, 0.15) is 63.5 Å². The first-order chi connectivity index (χ1) is 12.0. The van der Waals surface area contributed by atoms with Gasteiger partial charge in [-0.1, -0.05) is 58.0 Å². The van der Waals surface area contributed by atoms with E-state index in [0.29, 0.717) is 37.0 Å². The van der Waals surface area contributed by atoms with Crippen molar-refractivity contribution in [3.8, 4) is 11.5 Å². The van der Waals surface area contributed by atoms with E-state index in [1.165, 1.54) is 5.56 Å². The summed E-state index contributed by atoms with van der Waals surface area (Å²) >= 11 is 0. The highest BCUT2D eigenvalue weighted by Crippen LogP contribution is 2.26. The van der Waals surface area contributed by atoms with Gasteiger partial charge in [-0.15, -0.1) is 0 Å². The molecule has 0 fully saturated rings. The van der Waals surface area contributed by atoms with Gasteiger partial charge in [-0.25, -0.2) is 0 Å². The van der Waals surface area contributed by atoms with E-state index in [4.69, 9.17) is 9.47 Å². The number of esters is 1. The van der Waals surface area contributed by atoms with Crippen LogP contribution in [0.5, 0.6) is 11.5 Å². The van der Waals surface area contributed by atoms with E-state index in [9.17, 15) is 4.79 Å². The molecule has 3 nitrogen and oxygen atoms in total. The maximum absolute atomic E-state index is 12.0. The summed E-state index contributed by atoms with van der Waals surface area (Å²) in [5, 5.41) is 0. The molecule has 0 N–H and O–H groups in total. The third-order valence-corrected chi connectivity index (χ3v) is 4.11. The number of carbonyl (C=O) groups is 1. The highest BCUT2D eigenvalue weighted by molar-refractivity contribution is 5.72. The second-order valence-corrected chi connectivity index (χ2v) is 6.84. The van der Waals surface area contributed by atoms with E-state index in [-0.39, 0.29) is 5.97 Å². The zero-order valence-electron chi connectivity index (χ0n) is 15.6. The molecule has 134 valence electrons. The van der Waals surface area contributed by atoms with Crippen LogP contribution < -0.4 is 9.47 Å². The molecule has 0 atom stereocenters. The van der Waals surface area contributed by atoms with Crippen molar-refractivity contribution in [3.63, 3.8) is 0 Å². The topological polar surface area (TPSA) is 35.5 Å². The molecule has 2 aromatic carbocycles. The largest absolute Gasteiger partial charge is 0.494 e. The molecule has 0 saturated carbocycles. The average Bonchev–Trinajstić information content (AvgIpc) is 2.59. The zero-order chi connectivity index (χ0) is 18.2. The number of carbonyl (C=O) groups excluding carboxylic acids is 1. The Balaban J connectivity index is 1.76. The van der Waals surface area contributed by atoms with E-state index in [0.717, 1.165) is 11.3 Å². The summed E-state index contributed by atoms with van der Waals surface area (Å²) in [5.41, 5.74) is 2.34. The first-order valence-corrected chi connectivity index (χ1v) is 8.99. The van der Waals surface area contributed by atoms with Crippen molar-refractivity contribution >= 4 is 5.97 Å². The van der Waals surface area contributed by atoms with E-state index in [1.54, 1.807) is 0 Å². The Labute approximate surface area is 151 Å². The normalized spacial score (nSPS) is 11.0. The van der Waals surface area contributed by atoms with Gasteiger partial charge in [-0.05, 0) is 47.6 Å². The van der Waals surface area contributed by atoms with Gasteiger partial charge in [0.25, 0.3) is 0 Å². The maximum Gasteiger partial charge on any atom is 0.311 e. The quantitative estimate of drug-likeness (QED) is 0.351. The van der Waals surface area contributed by atoms with Crippen LogP contribution in [-0.4, -0.2) is 12.6 Å². The standard InChI is InChI=1S/C22H28O3/c1-16(2)18-11-13-19(14-12-18)24-15-7-10-22(23)25-21-9-6-5-8-20(21)17(3)4/h5-6,8-9,11-14,16-17H,7,10,15H2,1-4H3. The molecule has 3 heteroatoms. The van der Waals surface area contributed by atoms with E-state index < -0.39 is 0 Å². The molecule has 0 aromatic heterocycles. The fourth-order valence-corrected chi connectivity index (χ4v) is 2.58. The molecule has 2 aromatic rings. The third kappa shape index (κ3) is 5.93. The summed E-state index contributed by atoms with van der Waals surface area (Å²) < 4.78 is 11.2. The Kier molecular flexibility index (Phi) is 7.05. The van der Waals surface area contributed by atoms with Gasteiger partial charge >= 0.3 is 5.97 Å². The Hall–Kier alpha value is -2.29. The lowest BCUT2D eigenvalue weighted by Crippen LogP contribution is -2.11. The van der Waals surface area contributed by atoms with Crippen molar-refractivity contribution in [2.45, 2.75) is 52.4 Å². The summed E-state index contributed by atoms with van der Waals surface area (Å²) in [6, 6.07) is 15.8. The summed E-state index contributed by atoms with van der Waals surface area (Å²) in [6.07, 6.45) is 0.977. The van der Waals surface area contributed by atoms with Crippen molar-refractivity contribution in [3.05, 3.63) is 59.7 Å². The molecule has 0 radical (unpaired) electrons. The molecular weight excluding hydrogens is 312 g/mol. The second kappa shape index (κ2) is 9.26. The number of ether oxygens (including phenoxy) is 2. The van der Waals surface area contributed by atoms with Crippen molar-refractivity contribution in [1.82, 2.24) is 0 Å². The molecule has 0 saturated heterocycles. The van der Waals surface area contributed by atoms with Gasteiger partial charge in [0.2, 0.25) is 0 Å². The second-order valence-electron chi connectivity index (χ2n) is 6.84. The summed E-state index contributed by atoms with van der Waals surface area (Å²) in [7, 11) is 0. The lowest BCUT2D eigenvalue weighted by molar-refractivity contribution is -0.134. The van der Waals surface area contributed by atoms with Gasteiger partial charge in [0.05, 0.1) is 6.61 Å². The molecule has 0 spiro atoms. The van der Waals surface area contributed by atoms with E-state index in [1.807, 2.05) is 36.4 Å². The van der Waals surface area contributed by atoms with Crippen LogP contribution in [0.15, 0.2) is 48.5 Å². The molecule has 0 unspecified atom stereocenters. The van der Waals surface area contributed by atoms with Crippen molar-refractivity contribution in [2.75, 3.05) is 6.61 Å². The number of hydrogen-bond acceptors (Lipinski definition) is 3. The zero-order valence-corrected chi connectivity index (χ0v) is 15.6. The van der Waals surface area contributed by atoms with Crippen LogP contribution in [0, 0.1) is 0 Å². The predicted molar refractivity (Wildman–Crippen MR) is 101 cm³/mol. The maximum atomic E-state index is 12.0. The fraction of sp³-hybridized carbons (Fsp3) is 0.409. The molecule has 2 rings (SSSR count). The fourth-order valence-electron chi connectivity index (χ4n) is 2.58. The summed E-state index contributed by atoms with van der Waals surface area (Å²) in [4.78, 5) is 12.0. The third-order valence-electron chi connectivity index (χ3n) is 4.11. The van der Waals surface area contributed by atoms with Crippen molar-refractivity contribution in [2.24, 2.45) is 0 Å². The molecule has 0 amide bonds. The van der Waals surface area contributed by atoms with Crippen LogP contribution in [0.25, 0.3) is 0 Å². The number of benzene rings is 2. The first kappa shape index (κ1) is 19.0. The Morgan fingerprint density at radius 2 is 1.60 bits per heavy atom. The Bertz CT molecular complexity index is 672. The lowest BCUT2D eigenvalue weighted by Gasteiger charge is -2.12. The molecule has 25 heavy (non-hydrogen) atoms. The van der Waals surface area contributed by atoms with E-state index >= 15 is 0 Å². The minimum atomic E-state index is -0.216. The first-order valence-electron chi connectivity index (χ1n) is 8.99. The van der Waals surface area contributed by atoms with Gasteiger partial charge in [0, 0.05) is 6.42 Å². The van der Waals surface area contributed by atoms with Crippen LogP contribution in [0.2, 0.25) is 0 Å². The van der Waals surface area contributed by atoms with Gasteiger partial charge in [-0.2, -0.15) is 0 Å². The number of rotatable bonds is 8. The van der Waals surface area contributed by atoms with Gasteiger partial charge in [0.1, 0.15) is 11.5 Å². The average molecular weight is 340 g/mol. The molecule has 0 aliphatic rings. The SMILES string of the molecule is CC(C)c1ccc(OCCCC(=O)Oc2ccccc2C(C)C)cc1.